The molecule has 3 aromatic rings. The van der Waals surface area contributed by atoms with E-state index in [1.54, 1.807) is 6.92 Å². The van der Waals surface area contributed by atoms with Gasteiger partial charge in [-0.25, -0.2) is 9.18 Å². The van der Waals surface area contributed by atoms with Gasteiger partial charge in [0.1, 0.15) is 23.1 Å². The van der Waals surface area contributed by atoms with E-state index in [2.05, 4.69) is 15.4 Å². The van der Waals surface area contributed by atoms with Gasteiger partial charge in [-0.1, -0.05) is 0 Å². The highest BCUT2D eigenvalue weighted by Crippen LogP contribution is 2.31. The fourth-order valence-electron chi connectivity index (χ4n) is 3.60. The number of benzene rings is 1. The fraction of sp³-hybridized carbons (Fsp3) is 0.364. The number of carbonyl (C=O) groups excluding carboxylic acids is 1. The van der Waals surface area contributed by atoms with Gasteiger partial charge in [-0.05, 0) is 44.4 Å². The molecule has 0 bridgehead atoms. The third-order valence-corrected chi connectivity index (χ3v) is 5.53. The summed E-state index contributed by atoms with van der Waals surface area (Å²) in [4.78, 5) is 29.5. The number of nitrogens with one attached hydrogen (secondary N) is 1. The predicted octanol–water partition coefficient (Wildman–Crippen LogP) is 3.79. The number of aromatic nitrogens is 4. The zero-order valence-electron chi connectivity index (χ0n) is 18.3. The number of alkyl halides is 3. The van der Waals surface area contributed by atoms with Gasteiger partial charge in [-0.15, -0.1) is 5.10 Å². The number of rotatable bonds is 5. The van der Waals surface area contributed by atoms with E-state index in [0.717, 1.165) is 36.6 Å². The number of hydrogen-bond acceptors (Lipinski definition) is 5. The molecule has 4 rings (SSSR count). The molecule has 1 aromatic carbocycles. The molecule has 1 atom stereocenters. The predicted molar refractivity (Wildman–Crippen MR) is 114 cm³/mol. The normalized spacial score (nSPS) is 14.4. The number of pyridine rings is 1. The molecule has 1 N–H and O–H groups in total. The van der Waals surface area contributed by atoms with E-state index < -0.39 is 46.7 Å². The smallest absolute Gasteiger partial charge is 0.425 e. The van der Waals surface area contributed by atoms with Crippen molar-refractivity contribution in [2.75, 3.05) is 5.32 Å². The summed E-state index contributed by atoms with van der Waals surface area (Å²) in [5.74, 6) is -1.98. The Hall–Kier alpha value is -3.70. The van der Waals surface area contributed by atoms with Gasteiger partial charge in [0, 0.05) is 37.1 Å². The molecule has 0 saturated carbocycles. The minimum atomic E-state index is -4.74. The molecule has 0 unspecified atom stereocenters. The second-order valence-corrected chi connectivity index (χ2v) is 7.97. The molecular formula is C22H21F4N5O3. The highest BCUT2D eigenvalue weighted by atomic mass is 19.4. The van der Waals surface area contributed by atoms with Crippen LogP contribution in [0.3, 0.4) is 0 Å². The number of ether oxygens (including phenoxy) is 1. The van der Waals surface area contributed by atoms with Gasteiger partial charge in [-0.3, -0.25) is 14.3 Å². The minimum Gasteiger partial charge on any atom is -0.480 e. The topological polar surface area (TPSA) is 91.0 Å². The number of aryl methyl sites for hydroxylation is 2. The van der Waals surface area contributed by atoms with Crippen molar-refractivity contribution in [3.63, 3.8) is 0 Å². The summed E-state index contributed by atoms with van der Waals surface area (Å²) < 4.78 is 62.0. The van der Waals surface area contributed by atoms with E-state index >= 15 is 4.39 Å². The molecule has 0 spiro atoms. The molecule has 1 amide bonds. The summed E-state index contributed by atoms with van der Waals surface area (Å²) in [6, 6.07) is 3.13. The van der Waals surface area contributed by atoms with Gasteiger partial charge in [-0.2, -0.15) is 17.9 Å². The van der Waals surface area contributed by atoms with Crippen molar-refractivity contribution in [2.24, 2.45) is 0 Å². The van der Waals surface area contributed by atoms with Crippen LogP contribution >= 0.6 is 0 Å². The quantitative estimate of drug-likeness (QED) is 0.563. The SMILES string of the molecule is Cc1cnccc1NC(=O)c1cc(F)c(-n2nc3n(c2=O)CCCC3)cc1O[C@@H](C)C(F)(F)F. The van der Waals surface area contributed by atoms with Crippen molar-refractivity contribution in [3.8, 4) is 11.4 Å². The van der Waals surface area contributed by atoms with Crippen LogP contribution in [0.1, 0.15) is 41.5 Å². The average Bonchev–Trinajstić information content (AvgIpc) is 3.12. The Bertz CT molecular complexity index is 1300. The maximum Gasteiger partial charge on any atom is 0.425 e. The summed E-state index contributed by atoms with van der Waals surface area (Å²) in [6.07, 6.45) is -2.06. The number of halogens is 4. The van der Waals surface area contributed by atoms with E-state index in [1.165, 1.54) is 23.0 Å². The van der Waals surface area contributed by atoms with Crippen LogP contribution in [0.15, 0.2) is 35.4 Å². The van der Waals surface area contributed by atoms with Gasteiger partial charge in [0.05, 0.1) is 5.56 Å². The molecule has 0 aliphatic carbocycles. The Morgan fingerprint density at radius 2 is 2.03 bits per heavy atom. The Labute approximate surface area is 191 Å². The molecule has 12 heteroatoms. The Balaban J connectivity index is 1.79. The maximum absolute atomic E-state index is 15.1. The van der Waals surface area contributed by atoms with Crippen molar-refractivity contribution >= 4 is 11.6 Å². The Kier molecular flexibility index (Phi) is 6.15. The zero-order chi connectivity index (χ0) is 24.6. The Morgan fingerprint density at radius 1 is 1.26 bits per heavy atom. The molecular weight excluding hydrogens is 458 g/mol. The third kappa shape index (κ3) is 4.52. The van der Waals surface area contributed by atoms with Gasteiger partial charge < -0.3 is 10.1 Å². The number of fused-ring (bicyclic) bond motifs is 1. The first-order valence-corrected chi connectivity index (χ1v) is 10.5. The monoisotopic (exact) mass is 479 g/mol. The third-order valence-electron chi connectivity index (χ3n) is 5.53. The largest absolute Gasteiger partial charge is 0.480 e. The van der Waals surface area contributed by atoms with Crippen LogP contribution in [0.5, 0.6) is 5.75 Å². The maximum atomic E-state index is 15.1. The van der Waals surface area contributed by atoms with E-state index in [0.29, 0.717) is 30.0 Å². The van der Waals surface area contributed by atoms with Crippen LogP contribution in [0.2, 0.25) is 0 Å². The van der Waals surface area contributed by atoms with Crippen LogP contribution in [-0.2, 0) is 13.0 Å². The van der Waals surface area contributed by atoms with Crippen molar-refractivity contribution in [1.82, 2.24) is 19.3 Å². The van der Waals surface area contributed by atoms with Gasteiger partial charge in [0.2, 0.25) is 0 Å². The average molecular weight is 479 g/mol. The van der Waals surface area contributed by atoms with Gasteiger partial charge in [0.15, 0.2) is 6.10 Å². The molecule has 1 aliphatic rings. The van der Waals surface area contributed by atoms with Crippen LogP contribution < -0.4 is 15.7 Å². The van der Waals surface area contributed by atoms with E-state index in [1.807, 2.05) is 0 Å². The first kappa shape index (κ1) is 23.5. The lowest BCUT2D eigenvalue weighted by Gasteiger charge is -2.20. The highest BCUT2D eigenvalue weighted by Gasteiger charge is 2.39. The highest BCUT2D eigenvalue weighted by molar-refractivity contribution is 6.06. The molecule has 34 heavy (non-hydrogen) atoms. The second-order valence-electron chi connectivity index (χ2n) is 7.97. The summed E-state index contributed by atoms with van der Waals surface area (Å²) in [6.45, 7) is 2.84. The van der Waals surface area contributed by atoms with Crippen molar-refractivity contribution in [3.05, 3.63) is 63.8 Å². The van der Waals surface area contributed by atoms with E-state index in [9.17, 15) is 22.8 Å². The molecule has 2 aromatic heterocycles. The second kappa shape index (κ2) is 8.92. The summed E-state index contributed by atoms with van der Waals surface area (Å²) in [5.41, 5.74) is -0.557. The van der Waals surface area contributed by atoms with E-state index in [4.69, 9.17) is 4.74 Å². The first-order valence-electron chi connectivity index (χ1n) is 10.5. The molecule has 3 heterocycles. The molecule has 1 aliphatic heterocycles. The summed E-state index contributed by atoms with van der Waals surface area (Å²) in [5, 5.41) is 6.67. The number of carbonyl (C=O) groups is 1. The number of nitrogens with zero attached hydrogens (tertiary/aromatic N) is 4. The Morgan fingerprint density at radius 3 is 2.71 bits per heavy atom. The van der Waals surface area contributed by atoms with Crippen LogP contribution in [-0.4, -0.2) is 37.5 Å². The molecule has 0 saturated heterocycles. The van der Waals surface area contributed by atoms with Gasteiger partial charge in [0.25, 0.3) is 5.91 Å². The molecule has 8 nitrogen and oxygen atoms in total. The first-order chi connectivity index (χ1) is 16.1. The van der Waals surface area contributed by atoms with E-state index in [-0.39, 0.29) is 0 Å². The fourth-order valence-corrected chi connectivity index (χ4v) is 3.60. The van der Waals surface area contributed by atoms with Crippen LogP contribution in [0.4, 0.5) is 23.2 Å². The zero-order valence-corrected chi connectivity index (χ0v) is 18.3. The van der Waals surface area contributed by atoms with Crippen molar-refractivity contribution < 1.29 is 27.1 Å². The molecule has 0 fully saturated rings. The number of hydrogen-bond donors (Lipinski definition) is 1. The summed E-state index contributed by atoms with van der Waals surface area (Å²) >= 11 is 0. The minimum absolute atomic E-state index is 0.345. The number of amides is 1. The molecule has 0 radical (unpaired) electrons. The van der Waals surface area contributed by atoms with Gasteiger partial charge >= 0.3 is 11.9 Å². The van der Waals surface area contributed by atoms with Crippen LogP contribution in [0.25, 0.3) is 5.69 Å². The van der Waals surface area contributed by atoms with Crippen molar-refractivity contribution in [1.29, 1.82) is 0 Å². The summed E-state index contributed by atoms with van der Waals surface area (Å²) in [7, 11) is 0. The lowest BCUT2D eigenvalue weighted by Crippen LogP contribution is -2.32. The van der Waals surface area contributed by atoms with Crippen LogP contribution in [0, 0.1) is 12.7 Å². The number of anilines is 1. The lowest BCUT2D eigenvalue weighted by molar-refractivity contribution is -0.189. The standard InChI is InChI=1S/C22H21F4N5O3/c1-12-11-27-7-6-16(12)28-20(32)14-9-15(23)17(10-18(14)34-13(2)22(24,25)26)31-21(33)30-8-4-3-5-19(30)29-31/h6-7,9-11,13H,3-5,8H2,1-2H3,(H,27,28,32)/t13-/m0/s1. The molecule has 180 valence electrons. The van der Waals surface area contributed by atoms with Crippen molar-refractivity contribution in [2.45, 2.75) is 51.9 Å². The lowest BCUT2D eigenvalue weighted by atomic mass is 10.1.